The third-order valence-corrected chi connectivity index (χ3v) is 3.83. The maximum atomic E-state index is 13.4. The third kappa shape index (κ3) is 3.72. The number of terminal acetylenes is 1. The minimum Gasteiger partial charge on any atom is -0.207 e. The molecule has 0 saturated carbocycles. The fraction of sp³-hybridized carbons (Fsp3) is 0.333. The summed E-state index contributed by atoms with van der Waals surface area (Å²) in [6, 6.07) is -0.288. The zero-order valence-electron chi connectivity index (χ0n) is 10.1. The van der Waals surface area contributed by atoms with Gasteiger partial charge in [-0.3, -0.25) is 0 Å². The van der Waals surface area contributed by atoms with Crippen molar-refractivity contribution in [2.24, 2.45) is 0 Å². The van der Waals surface area contributed by atoms with Crippen LogP contribution in [0.2, 0.25) is 0 Å². The van der Waals surface area contributed by atoms with Crippen LogP contribution in [0.5, 0.6) is 0 Å². The highest BCUT2D eigenvalue weighted by Gasteiger charge is 2.27. The Labute approximate surface area is 109 Å². The largest absolute Gasteiger partial charge is 0.247 e. The van der Waals surface area contributed by atoms with Crippen LogP contribution in [0.4, 0.5) is 13.2 Å². The van der Waals surface area contributed by atoms with Gasteiger partial charge in [-0.2, -0.15) is 4.72 Å². The Hall–Kier alpha value is -1.52. The molecule has 0 amide bonds. The first-order chi connectivity index (χ1) is 8.81. The number of hydrogen-bond acceptors (Lipinski definition) is 2. The fourth-order valence-electron chi connectivity index (χ4n) is 1.50. The lowest BCUT2D eigenvalue weighted by Gasteiger charge is -2.13. The van der Waals surface area contributed by atoms with Gasteiger partial charge in [-0.1, -0.05) is 19.3 Å². The number of halogens is 3. The van der Waals surface area contributed by atoms with Gasteiger partial charge in [0.2, 0.25) is 10.0 Å². The topological polar surface area (TPSA) is 46.2 Å². The van der Waals surface area contributed by atoms with E-state index in [9.17, 15) is 21.6 Å². The number of sulfonamides is 1. The van der Waals surface area contributed by atoms with Crippen molar-refractivity contribution < 1.29 is 21.6 Å². The molecule has 0 fully saturated rings. The van der Waals surface area contributed by atoms with Crippen LogP contribution in [0.3, 0.4) is 0 Å². The summed E-state index contributed by atoms with van der Waals surface area (Å²) in [6.45, 7) is 1.78. The Kier molecular flexibility index (Phi) is 4.97. The summed E-state index contributed by atoms with van der Waals surface area (Å²) < 4.78 is 65.1. The number of rotatable bonds is 5. The standard InChI is InChI=1S/C12H12F3NO2S/c1-3-5-9(4-2)16-19(17,18)12-10(14)6-8(13)7-11(12)15/h2,6-7,9,16H,3,5H2,1H3. The molecule has 0 aromatic heterocycles. The molecule has 1 atom stereocenters. The molecular formula is C12H12F3NO2S. The average molecular weight is 291 g/mol. The summed E-state index contributed by atoms with van der Waals surface area (Å²) >= 11 is 0. The quantitative estimate of drug-likeness (QED) is 0.845. The van der Waals surface area contributed by atoms with E-state index in [-0.39, 0.29) is 0 Å². The van der Waals surface area contributed by atoms with Crippen molar-refractivity contribution in [2.75, 3.05) is 0 Å². The Morgan fingerprint density at radius 1 is 1.32 bits per heavy atom. The van der Waals surface area contributed by atoms with Crippen LogP contribution >= 0.6 is 0 Å². The highest BCUT2D eigenvalue weighted by atomic mass is 32.2. The molecular weight excluding hydrogens is 279 g/mol. The van der Waals surface area contributed by atoms with E-state index in [2.05, 4.69) is 5.92 Å². The van der Waals surface area contributed by atoms with Crippen LogP contribution in [-0.2, 0) is 10.0 Å². The van der Waals surface area contributed by atoms with E-state index >= 15 is 0 Å². The smallest absolute Gasteiger partial charge is 0.207 e. The lowest BCUT2D eigenvalue weighted by molar-refractivity contribution is 0.491. The molecule has 19 heavy (non-hydrogen) atoms. The summed E-state index contributed by atoms with van der Waals surface area (Å²) in [5.74, 6) is -2.03. The fourth-order valence-corrected chi connectivity index (χ4v) is 2.81. The normalized spacial score (nSPS) is 13.0. The van der Waals surface area contributed by atoms with Gasteiger partial charge in [0.1, 0.15) is 17.5 Å². The molecule has 0 saturated heterocycles. The molecule has 1 aromatic carbocycles. The molecule has 0 bridgehead atoms. The molecule has 7 heteroatoms. The molecule has 0 radical (unpaired) electrons. The van der Waals surface area contributed by atoms with Gasteiger partial charge in [0.25, 0.3) is 0 Å². The predicted octanol–water partition coefficient (Wildman–Crippen LogP) is 2.18. The van der Waals surface area contributed by atoms with Gasteiger partial charge in [-0.15, -0.1) is 6.42 Å². The molecule has 0 spiro atoms. The SMILES string of the molecule is C#CC(CCC)NS(=O)(=O)c1c(F)cc(F)cc1F. The van der Waals surface area contributed by atoms with E-state index < -0.39 is 38.4 Å². The number of hydrogen-bond donors (Lipinski definition) is 1. The van der Waals surface area contributed by atoms with E-state index in [4.69, 9.17) is 6.42 Å². The summed E-state index contributed by atoms with van der Waals surface area (Å²) in [5.41, 5.74) is 0. The highest BCUT2D eigenvalue weighted by molar-refractivity contribution is 7.89. The van der Waals surface area contributed by atoms with Crippen molar-refractivity contribution in [2.45, 2.75) is 30.7 Å². The van der Waals surface area contributed by atoms with Gasteiger partial charge in [0.15, 0.2) is 4.90 Å². The second kappa shape index (κ2) is 6.08. The van der Waals surface area contributed by atoms with Crippen molar-refractivity contribution in [3.8, 4) is 12.3 Å². The van der Waals surface area contributed by atoms with E-state index in [1.165, 1.54) is 0 Å². The molecule has 1 aromatic rings. The molecule has 0 heterocycles. The maximum Gasteiger partial charge on any atom is 0.247 e. The number of benzene rings is 1. The van der Waals surface area contributed by atoms with Gasteiger partial charge >= 0.3 is 0 Å². The third-order valence-electron chi connectivity index (χ3n) is 2.31. The van der Waals surface area contributed by atoms with Crippen molar-refractivity contribution in [1.82, 2.24) is 4.72 Å². The maximum absolute atomic E-state index is 13.4. The van der Waals surface area contributed by atoms with Crippen molar-refractivity contribution in [1.29, 1.82) is 0 Å². The minimum atomic E-state index is -4.48. The molecule has 104 valence electrons. The van der Waals surface area contributed by atoms with Crippen LogP contribution in [0, 0.1) is 29.8 Å². The molecule has 0 aliphatic carbocycles. The van der Waals surface area contributed by atoms with Crippen LogP contribution in [0.1, 0.15) is 19.8 Å². The van der Waals surface area contributed by atoms with E-state index in [0.717, 1.165) is 0 Å². The second-order valence-electron chi connectivity index (χ2n) is 3.83. The van der Waals surface area contributed by atoms with Crippen molar-refractivity contribution >= 4 is 10.0 Å². The van der Waals surface area contributed by atoms with Crippen molar-refractivity contribution in [3.05, 3.63) is 29.6 Å². The Morgan fingerprint density at radius 3 is 2.26 bits per heavy atom. The van der Waals surface area contributed by atoms with Crippen LogP contribution in [0.15, 0.2) is 17.0 Å². The summed E-state index contributed by atoms with van der Waals surface area (Å²) in [7, 11) is -4.48. The minimum absolute atomic E-state index is 0.294. The first-order valence-electron chi connectivity index (χ1n) is 5.44. The molecule has 0 aliphatic rings. The Balaban J connectivity index is 3.18. The van der Waals surface area contributed by atoms with Gasteiger partial charge in [-0.05, 0) is 6.42 Å². The summed E-state index contributed by atoms with van der Waals surface area (Å²) in [5, 5.41) is 0. The van der Waals surface area contributed by atoms with Gasteiger partial charge < -0.3 is 0 Å². The van der Waals surface area contributed by atoms with Gasteiger partial charge in [-0.25, -0.2) is 21.6 Å². The van der Waals surface area contributed by atoms with Gasteiger partial charge in [0, 0.05) is 12.1 Å². The predicted molar refractivity (Wildman–Crippen MR) is 64.2 cm³/mol. The van der Waals surface area contributed by atoms with Crippen molar-refractivity contribution in [3.63, 3.8) is 0 Å². The summed E-state index contributed by atoms with van der Waals surface area (Å²) in [4.78, 5) is -1.23. The molecule has 1 rings (SSSR count). The monoisotopic (exact) mass is 291 g/mol. The first-order valence-corrected chi connectivity index (χ1v) is 6.93. The van der Waals surface area contributed by atoms with Crippen LogP contribution in [-0.4, -0.2) is 14.5 Å². The second-order valence-corrected chi connectivity index (χ2v) is 5.48. The Bertz CT molecular complexity index is 585. The lowest BCUT2D eigenvalue weighted by atomic mass is 10.2. The molecule has 1 unspecified atom stereocenters. The van der Waals surface area contributed by atoms with E-state index in [1.54, 1.807) is 6.92 Å². The lowest BCUT2D eigenvalue weighted by Crippen LogP contribution is -2.34. The van der Waals surface area contributed by atoms with Crippen LogP contribution < -0.4 is 4.72 Å². The zero-order chi connectivity index (χ0) is 14.6. The molecule has 3 nitrogen and oxygen atoms in total. The summed E-state index contributed by atoms with van der Waals surface area (Å²) in [6.07, 6.45) is 6.03. The average Bonchev–Trinajstić information content (AvgIpc) is 2.25. The van der Waals surface area contributed by atoms with Crippen LogP contribution in [0.25, 0.3) is 0 Å². The highest BCUT2D eigenvalue weighted by Crippen LogP contribution is 2.20. The van der Waals surface area contributed by atoms with E-state index in [1.807, 2.05) is 4.72 Å². The first kappa shape index (κ1) is 15.5. The Morgan fingerprint density at radius 2 is 1.84 bits per heavy atom. The molecule has 0 aliphatic heterocycles. The van der Waals surface area contributed by atoms with Gasteiger partial charge in [0.05, 0.1) is 6.04 Å². The molecule has 1 N–H and O–H groups in total. The number of nitrogens with one attached hydrogen (secondary N) is 1. The zero-order valence-corrected chi connectivity index (χ0v) is 10.9. The van der Waals surface area contributed by atoms with E-state index in [0.29, 0.717) is 25.0 Å².